The third kappa shape index (κ3) is 4.46. The molecule has 1 aliphatic heterocycles. The Morgan fingerprint density at radius 3 is 2.86 bits per heavy atom. The van der Waals surface area contributed by atoms with E-state index in [-0.39, 0.29) is 5.91 Å². The first-order chi connectivity index (χ1) is 10.8. The fourth-order valence-corrected chi connectivity index (χ4v) is 3.84. The predicted molar refractivity (Wildman–Crippen MR) is 84.8 cm³/mol. The largest absolute Gasteiger partial charge is 0.378 e. The topological polar surface area (TPSA) is 71.1 Å². The van der Waals surface area contributed by atoms with Crippen molar-refractivity contribution in [2.45, 2.75) is 43.7 Å². The molecule has 1 aromatic heterocycles. The van der Waals surface area contributed by atoms with Gasteiger partial charge in [-0.25, -0.2) is 4.98 Å². The minimum Gasteiger partial charge on any atom is -0.378 e. The molecule has 1 aromatic rings. The number of aromatic amines is 1. The monoisotopic (exact) mass is 324 g/mol. The van der Waals surface area contributed by atoms with Gasteiger partial charge >= 0.3 is 0 Å². The van der Waals surface area contributed by atoms with Crippen LogP contribution in [0.25, 0.3) is 0 Å². The Bertz CT molecular complexity index is 482. The van der Waals surface area contributed by atoms with Gasteiger partial charge in [0.25, 0.3) is 0 Å². The van der Waals surface area contributed by atoms with E-state index in [2.05, 4.69) is 15.2 Å². The molecule has 2 fully saturated rings. The van der Waals surface area contributed by atoms with Crippen LogP contribution < -0.4 is 0 Å². The predicted octanol–water partition coefficient (Wildman–Crippen LogP) is 1.88. The fraction of sp³-hybridized carbons (Fsp3) is 0.800. The zero-order valence-electron chi connectivity index (χ0n) is 12.9. The molecule has 0 bridgehead atoms. The van der Waals surface area contributed by atoms with Gasteiger partial charge in [0.2, 0.25) is 11.1 Å². The summed E-state index contributed by atoms with van der Waals surface area (Å²) in [6.45, 7) is 2.67. The van der Waals surface area contributed by atoms with E-state index in [4.69, 9.17) is 4.74 Å². The second-order valence-corrected chi connectivity index (χ2v) is 6.98. The minimum absolute atomic E-state index is 0.144. The van der Waals surface area contributed by atoms with E-state index in [0.29, 0.717) is 37.2 Å². The van der Waals surface area contributed by atoms with Gasteiger partial charge in [0.15, 0.2) is 0 Å². The second-order valence-electron chi connectivity index (χ2n) is 6.04. The Balaban J connectivity index is 1.40. The highest BCUT2D eigenvalue weighted by molar-refractivity contribution is 7.99. The zero-order chi connectivity index (χ0) is 15.2. The number of aromatic nitrogens is 3. The van der Waals surface area contributed by atoms with Crippen LogP contribution in [0.15, 0.2) is 5.16 Å². The maximum absolute atomic E-state index is 12.1. The third-order valence-corrected chi connectivity index (χ3v) is 5.30. The summed E-state index contributed by atoms with van der Waals surface area (Å²) < 4.78 is 5.25. The second kappa shape index (κ2) is 7.97. The molecule has 0 unspecified atom stereocenters. The number of carbonyl (C=O) groups is 1. The molecule has 0 atom stereocenters. The first-order valence-electron chi connectivity index (χ1n) is 8.21. The summed E-state index contributed by atoms with van der Waals surface area (Å²) in [6.07, 6.45) is 7.66. The van der Waals surface area contributed by atoms with Gasteiger partial charge in [-0.05, 0) is 12.3 Å². The van der Waals surface area contributed by atoms with E-state index >= 15 is 0 Å². The lowest BCUT2D eigenvalue weighted by Gasteiger charge is -2.26. The van der Waals surface area contributed by atoms with Gasteiger partial charge in [0.05, 0.1) is 19.0 Å². The molecule has 0 radical (unpaired) electrons. The van der Waals surface area contributed by atoms with Crippen molar-refractivity contribution in [3.05, 3.63) is 5.82 Å². The number of ether oxygens (including phenoxy) is 1. The number of thioether (sulfide) groups is 1. The summed E-state index contributed by atoms with van der Waals surface area (Å²) >= 11 is 1.42. The van der Waals surface area contributed by atoms with E-state index in [0.717, 1.165) is 18.2 Å². The lowest BCUT2D eigenvalue weighted by molar-refractivity contribution is -0.132. The number of nitrogens with one attached hydrogen (secondary N) is 1. The number of hydrogen-bond donors (Lipinski definition) is 1. The summed E-state index contributed by atoms with van der Waals surface area (Å²) in [5.41, 5.74) is 0. The molecular weight excluding hydrogens is 300 g/mol. The molecular formula is C15H24N4O2S. The zero-order valence-corrected chi connectivity index (χ0v) is 13.7. The minimum atomic E-state index is 0.144. The number of hydrogen-bond acceptors (Lipinski definition) is 5. The number of amides is 1. The van der Waals surface area contributed by atoms with Crippen LogP contribution >= 0.6 is 11.8 Å². The Labute approximate surface area is 135 Å². The van der Waals surface area contributed by atoms with Crippen LogP contribution in [0.4, 0.5) is 0 Å². The first kappa shape index (κ1) is 15.8. The Hall–Kier alpha value is -1.08. The van der Waals surface area contributed by atoms with Crippen LogP contribution in [-0.2, 0) is 16.0 Å². The van der Waals surface area contributed by atoms with Crippen LogP contribution in [0.5, 0.6) is 0 Å². The first-order valence-corrected chi connectivity index (χ1v) is 9.19. The van der Waals surface area contributed by atoms with Gasteiger partial charge in [-0.1, -0.05) is 37.4 Å². The van der Waals surface area contributed by atoms with Gasteiger partial charge < -0.3 is 9.64 Å². The lowest BCUT2D eigenvalue weighted by atomic mass is 10.0. The van der Waals surface area contributed by atoms with E-state index in [1.165, 1.54) is 43.9 Å². The van der Waals surface area contributed by atoms with Crippen molar-refractivity contribution >= 4 is 17.7 Å². The molecule has 1 N–H and O–H groups in total. The molecule has 3 rings (SSSR count). The van der Waals surface area contributed by atoms with Gasteiger partial charge in [0, 0.05) is 19.5 Å². The normalized spacial score (nSPS) is 19.7. The van der Waals surface area contributed by atoms with E-state index < -0.39 is 0 Å². The summed E-state index contributed by atoms with van der Waals surface area (Å²) in [6, 6.07) is 0. The summed E-state index contributed by atoms with van der Waals surface area (Å²) in [5, 5.41) is 7.90. The third-order valence-electron chi connectivity index (χ3n) is 4.46. The number of nitrogens with zero attached hydrogens (tertiary/aromatic N) is 3. The van der Waals surface area contributed by atoms with Crippen LogP contribution in [-0.4, -0.2) is 58.0 Å². The quantitative estimate of drug-likeness (QED) is 0.809. The molecule has 1 amide bonds. The van der Waals surface area contributed by atoms with Crippen molar-refractivity contribution in [2.75, 3.05) is 32.1 Å². The Kier molecular flexibility index (Phi) is 5.72. The highest BCUT2D eigenvalue weighted by atomic mass is 32.2. The summed E-state index contributed by atoms with van der Waals surface area (Å²) in [5.74, 6) is 2.36. The molecule has 0 aromatic carbocycles. The Morgan fingerprint density at radius 1 is 1.32 bits per heavy atom. The molecule has 2 heterocycles. The van der Waals surface area contributed by atoms with Crippen molar-refractivity contribution in [3.63, 3.8) is 0 Å². The molecule has 2 aliphatic rings. The molecule has 6 nitrogen and oxygen atoms in total. The average Bonchev–Trinajstić information content (AvgIpc) is 3.23. The van der Waals surface area contributed by atoms with Gasteiger partial charge in [-0.2, -0.15) is 0 Å². The number of morpholine rings is 1. The SMILES string of the molecule is O=C(CSc1n[nH]c(CCC2CCCC2)n1)N1CCOCC1. The molecule has 1 saturated heterocycles. The molecule has 22 heavy (non-hydrogen) atoms. The highest BCUT2D eigenvalue weighted by Gasteiger charge is 2.18. The summed E-state index contributed by atoms with van der Waals surface area (Å²) in [7, 11) is 0. The molecule has 7 heteroatoms. The lowest BCUT2D eigenvalue weighted by Crippen LogP contribution is -2.41. The Morgan fingerprint density at radius 2 is 2.09 bits per heavy atom. The highest BCUT2D eigenvalue weighted by Crippen LogP contribution is 2.28. The maximum Gasteiger partial charge on any atom is 0.233 e. The van der Waals surface area contributed by atoms with Gasteiger partial charge in [0.1, 0.15) is 5.82 Å². The number of aryl methyl sites for hydroxylation is 1. The van der Waals surface area contributed by atoms with Gasteiger partial charge in [-0.15, -0.1) is 5.10 Å². The smallest absolute Gasteiger partial charge is 0.233 e. The molecule has 1 saturated carbocycles. The standard InChI is InChI=1S/C15H24N4O2S/c20-14(19-7-9-21-10-8-19)11-22-15-16-13(17-18-15)6-5-12-3-1-2-4-12/h12H,1-11H2,(H,16,17,18). The van der Waals surface area contributed by atoms with Crippen molar-refractivity contribution in [1.82, 2.24) is 20.1 Å². The average molecular weight is 324 g/mol. The van der Waals surface area contributed by atoms with E-state index in [1.54, 1.807) is 0 Å². The fourth-order valence-electron chi connectivity index (χ4n) is 3.12. The van der Waals surface area contributed by atoms with Gasteiger partial charge in [-0.3, -0.25) is 9.89 Å². The van der Waals surface area contributed by atoms with Crippen LogP contribution in [0.3, 0.4) is 0 Å². The number of rotatable bonds is 6. The molecule has 0 spiro atoms. The van der Waals surface area contributed by atoms with Crippen LogP contribution in [0.2, 0.25) is 0 Å². The maximum atomic E-state index is 12.1. The number of carbonyl (C=O) groups excluding carboxylic acids is 1. The molecule has 1 aliphatic carbocycles. The van der Waals surface area contributed by atoms with Crippen molar-refractivity contribution in [2.24, 2.45) is 5.92 Å². The van der Waals surface area contributed by atoms with Crippen molar-refractivity contribution < 1.29 is 9.53 Å². The molecule has 122 valence electrons. The summed E-state index contributed by atoms with van der Waals surface area (Å²) in [4.78, 5) is 18.4. The van der Waals surface area contributed by atoms with Crippen molar-refractivity contribution in [1.29, 1.82) is 0 Å². The number of H-pyrrole nitrogens is 1. The van der Waals surface area contributed by atoms with E-state index in [1.807, 2.05) is 4.90 Å². The van der Waals surface area contributed by atoms with Crippen molar-refractivity contribution in [3.8, 4) is 0 Å². The van der Waals surface area contributed by atoms with E-state index in [9.17, 15) is 4.79 Å². The van der Waals surface area contributed by atoms with Crippen LogP contribution in [0.1, 0.15) is 37.9 Å². The van der Waals surface area contributed by atoms with Crippen LogP contribution in [0, 0.1) is 5.92 Å².